The molecule has 1 aliphatic heterocycles. The monoisotopic (exact) mass is 342 g/mol. The van der Waals surface area contributed by atoms with Crippen LogP contribution in [0, 0.1) is 0 Å². The summed E-state index contributed by atoms with van der Waals surface area (Å²) < 4.78 is 1.80. The van der Waals surface area contributed by atoms with Gasteiger partial charge in [-0.3, -0.25) is 4.90 Å². The van der Waals surface area contributed by atoms with Crippen LogP contribution in [0.4, 0.5) is 4.79 Å². The molecule has 1 fully saturated rings. The van der Waals surface area contributed by atoms with Gasteiger partial charge in [0.1, 0.15) is 6.33 Å². The Bertz CT molecular complexity index is 707. The van der Waals surface area contributed by atoms with Gasteiger partial charge in [-0.05, 0) is 44.0 Å². The predicted octanol–water partition coefficient (Wildman–Crippen LogP) is 1.97. The summed E-state index contributed by atoms with van der Waals surface area (Å²) in [6.45, 7) is 5.75. The van der Waals surface area contributed by atoms with Crippen molar-refractivity contribution in [3.8, 4) is 0 Å². The molecule has 0 saturated carbocycles. The first kappa shape index (κ1) is 17.4. The van der Waals surface area contributed by atoms with Gasteiger partial charge in [0.25, 0.3) is 0 Å². The molecule has 0 radical (unpaired) electrons. The van der Waals surface area contributed by atoms with Crippen molar-refractivity contribution in [2.45, 2.75) is 38.9 Å². The van der Waals surface area contributed by atoms with E-state index in [2.05, 4.69) is 43.9 Å². The predicted molar refractivity (Wildman–Crippen MR) is 95.7 cm³/mol. The summed E-state index contributed by atoms with van der Waals surface area (Å²) in [5.74, 6) is 0.725. The van der Waals surface area contributed by atoms with Crippen molar-refractivity contribution in [1.29, 1.82) is 0 Å². The zero-order valence-corrected chi connectivity index (χ0v) is 14.9. The van der Waals surface area contributed by atoms with Crippen LogP contribution in [-0.4, -0.2) is 38.8 Å². The lowest BCUT2D eigenvalue weighted by molar-refractivity contribution is 0.237. The van der Waals surface area contributed by atoms with E-state index < -0.39 is 0 Å². The Morgan fingerprint density at radius 1 is 1.28 bits per heavy atom. The van der Waals surface area contributed by atoms with Gasteiger partial charge in [-0.15, -0.1) is 10.2 Å². The number of hydrogen-bond acceptors (Lipinski definition) is 4. The number of urea groups is 1. The van der Waals surface area contributed by atoms with Crippen LogP contribution in [0.3, 0.4) is 0 Å². The number of nitrogens with one attached hydrogen (secondary N) is 2. The molecule has 7 heteroatoms. The van der Waals surface area contributed by atoms with Crippen molar-refractivity contribution in [3.05, 3.63) is 47.5 Å². The van der Waals surface area contributed by atoms with E-state index in [1.54, 1.807) is 10.9 Å². The van der Waals surface area contributed by atoms with Crippen LogP contribution in [0.15, 0.2) is 30.6 Å². The second-order valence-electron chi connectivity index (χ2n) is 6.65. The molecule has 1 aromatic carbocycles. The van der Waals surface area contributed by atoms with Crippen molar-refractivity contribution < 1.29 is 4.79 Å². The van der Waals surface area contributed by atoms with E-state index in [-0.39, 0.29) is 12.1 Å². The van der Waals surface area contributed by atoms with Gasteiger partial charge in [-0.2, -0.15) is 0 Å². The fraction of sp³-hybridized carbons (Fsp3) is 0.500. The number of amides is 2. The molecule has 2 amide bonds. The summed E-state index contributed by atoms with van der Waals surface area (Å²) in [6.07, 6.45) is 4.22. The minimum Gasteiger partial charge on any atom is -0.334 e. The Morgan fingerprint density at radius 2 is 2.04 bits per heavy atom. The highest BCUT2D eigenvalue weighted by atomic mass is 16.2. The summed E-state index contributed by atoms with van der Waals surface area (Å²) in [6, 6.07) is 8.01. The van der Waals surface area contributed by atoms with Crippen molar-refractivity contribution in [2.75, 3.05) is 13.1 Å². The van der Waals surface area contributed by atoms with Crippen LogP contribution < -0.4 is 10.6 Å². The van der Waals surface area contributed by atoms with Gasteiger partial charge in [0.05, 0.1) is 6.04 Å². The van der Waals surface area contributed by atoms with Crippen LogP contribution in [0.25, 0.3) is 0 Å². The second kappa shape index (κ2) is 8.11. The first-order valence-electron chi connectivity index (χ1n) is 8.80. The van der Waals surface area contributed by atoms with Gasteiger partial charge in [-0.1, -0.05) is 24.3 Å². The van der Waals surface area contributed by atoms with E-state index in [4.69, 9.17) is 0 Å². The number of hydrogen-bond donors (Lipinski definition) is 2. The highest BCUT2D eigenvalue weighted by Crippen LogP contribution is 2.14. The molecule has 1 aromatic heterocycles. The highest BCUT2D eigenvalue weighted by molar-refractivity contribution is 5.74. The number of benzene rings is 1. The number of nitrogens with zero attached hydrogens (tertiary/aromatic N) is 4. The fourth-order valence-electron chi connectivity index (χ4n) is 3.22. The molecule has 1 aliphatic rings. The van der Waals surface area contributed by atoms with Gasteiger partial charge in [-0.25, -0.2) is 4.79 Å². The van der Waals surface area contributed by atoms with Crippen LogP contribution in [-0.2, 0) is 20.1 Å². The summed E-state index contributed by atoms with van der Waals surface area (Å²) >= 11 is 0. The van der Waals surface area contributed by atoms with Gasteiger partial charge in [0.2, 0.25) is 0 Å². The number of carbonyl (C=O) groups excluding carboxylic acids is 1. The first-order chi connectivity index (χ1) is 12.1. The fourth-order valence-corrected chi connectivity index (χ4v) is 3.22. The minimum absolute atomic E-state index is 0.200. The number of aryl methyl sites for hydroxylation is 1. The molecule has 1 saturated heterocycles. The Morgan fingerprint density at radius 3 is 2.76 bits per heavy atom. The number of rotatable bonds is 6. The SMILES string of the molecule is C[C@H](NC(=O)NCc1cccc(CN2CCCC2)c1)c1nncn1C. The highest BCUT2D eigenvalue weighted by Gasteiger charge is 2.14. The first-order valence-corrected chi connectivity index (χ1v) is 8.80. The summed E-state index contributed by atoms with van der Waals surface area (Å²) in [7, 11) is 1.86. The lowest BCUT2D eigenvalue weighted by Crippen LogP contribution is -2.37. The molecule has 7 nitrogen and oxygen atoms in total. The third kappa shape index (κ3) is 4.79. The molecule has 3 rings (SSSR count). The van der Waals surface area contributed by atoms with Gasteiger partial charge in [0.15, 0.2) is 5.82 Å². The van der Waals surface area contributed by atoms with E-state index >= 15 is 0 Å². The summed E-state index contributed by atoms with van der Waals surface area (Å²) in [5.41, 5.74) is 2.41. The molecule has 2 N–H and O–H groups in total. The average molecular weight is 342 g/mol. The van der Waals surface area contributed by atoms with Crippen LogP contribution in [0.2, 0.25) is 0 Å². The summed E-state index contributed by atoms with van der Waals surface area (Å²) in [5, 5.41) is 13.6. The largest absolute Gasteiger partial charge is 0.334 e. The Kier molecular flexibility index (Phi) is 5.65. The zero-order valence-electron chi connectivity index (χ0n) is 14.9. The molecule has 0 bridgehead atoms. The molecule has 2 aromatic rings. The van der Waals surface area contributed by atoms with E-state index in [0.717, 1.165) is 17.9 Å². The normalized spacial score (nSPS) is 15.9. The van der Waals surface area contributed by atoms with Crippen LogP contribution in [0.1, 0.15) is 42.8 Å². The molecule has 25 heavy (non-hydrogen) atoms. The molecule has 0 spiro atoms. The summed E-state index contributed by atoms with van der Waals surface area (Å²) in [4.78, 5) is 14.6. The van der Waals surface area contributed by atoms with E-state index in [9.17, 15) is 4.79 Å². The van der Waals surface area contributed by atoms with Gasteiger partial charge in [0, 0.05) is 20.1 Å². The number of carbonyl (C=O) groups is 1. The average Bonchev–Trinajstić information content (AvgIpc) is 3.25. The topological polar surface area (TPSA) is 75.1 Å². The lowest BCUT2D eigenvalue weighted by atomic mass is 10.1. The molecule has 2 heterocycles. The minimum atomic E-state index is -0.208. The molecular formula is C18H26N6O. The second-order valence-corrected chi connectivity index (χ2v) is 6.65. The molecule has 0 unspecified atom stereocenters. The van der Waals surface area contributed by atoms with E-state index in [1.807, 2.05) is 20.0 Å². The molecule has 134 valence electrons. The maximum atomic E-state index is 12.1. The van der Waals surface area contributed by atoms with Gasteiger partial charge >= 0.3 is 6.03 Å². The van der Waals surface area contributed by atoms with Gasteiger partial charge < -0.3 is 15.2 Å². The Balaban J connectivity index is 1.49. The van der Waals surface area contributed by atoms with Crippen LogP contribution >= 0.6 is 0 Å². The maximum Gasteiger partial charge on any atom is 0.315 e. The van der Waals surface area contributed by atoms with Crippen molar-refractivity contribution in [3.63, 3.8) is 0 Å². The van der Waals surface area contributed by atoms with Crippen molar-refractivity contribution in [2.24, 2.45) is 7.05 Å². The Hall–Kier alpha value is -2.41. The van der Waals surface area contributed by atoms with Crippen molar-refractivity contribution in [1.82, 2.24) is 30.3 Å². The Labute approximate surface area is 148 Å². The maximum absolute atomic E-state index is 12.1. The zero-order chi connectivity index (χ0) is 17.6. The number of likely N-dealkylation sites (tertiary alicyclic amines) is 1. The number of aromatic nitrogens is 3. The third-order valence-electron chi connectivity index (χ3n) is 4.53. The van der Waals surface area contributed by atoms with E-state index in [0.29, 0.717) is 6.54 Å². The standard InChI is InChI=1S/C18H26N6O/c1-14(17-22-20-13-23(17)2)21-18(25)19-11-15-6-5-7-16(10-15)12-24-8-3-4-9-24/h5-7,10,13-14H,3-4,8-9,11-12H2,1-2H3,(H2,19,21,25)/t14-/m0/s1. The molecule has 1 atom stereocenters. The third-order valence-corrected chi connectivity index (χ3v) is 4.53. The smallest absolute Gasteiger partial charge is 0.315 e. The van der Waals surface area contributed by atoms with E-state index in [1.165, 1.54) is 31.5 Å². The molecular weight excluding hydrogens is 316 g/mol. The lowest BCUT2D eigenvalue weighted by Gasteiger charge is -2.16. The van der Waals surface area contributed by atoms with Crippen LogP contribution in [0.5, 0.6) is 0 Å². The molecule has 0 aliphatic carbocycles. The quantitative estimate of drug-likeness (QED) is 0.842. The van der Waals surface area contributed by atoms with Crippen molar-refractivity contribution >= 4 is 6.03 Å².